The van der Waals surface area contributed by atoms with Crippen LogP contribution in [0.2, 0.25) is 0 Å². The van der Waals surface area contributed by atoms with Crippen molar-refractivity contribution in [3.63, 3.8) is 0 Å². The van der Waals surface area contributed by atoms with Gasteiger partial charge in [0.15, 0.2) is 0 Å². The van der Waals surface area contributed by atoms with Gasteiger partial charge in [-0.15, -0.1) is 0 Å². The summed E-state index contributed by atoms with van der Waals surface area (Å²) in [6.07, 6.45) is 0. The van der Waals surface area contributed by atoms with Crippen molar-refractivity contribution in [2.45, 2.75) is 13.8 Å². The molecule has 7 heavy (non-hydrogen) atoms. The fourth-order valence-electron chi connectivity index (χ4n) is 0.204. The predicted molar refractivity (Wildman–Crippen MR) is 36.6 cm³/mol. The first kappa shape index (κ1) is 10.4. The van der Waals surface area contributed by atoms with E-state index in [0.717, 1.165) is 0 Å². The average Bonchev–Trinajstić information content (AvgIpc) is 1.75. The first-order chi connectivity index (χ1) is 3.41. The van der Waals surface area contributed by atoms with Gasteiger partial charge in [0.05, 0.1) is 0 Å². The van der Waals surface area contributed by atoms with Crippen LogP contribution in [-0.4, -0.2) is 24.6 Å². The Morgan fingerprint density at radius 1 is 1.29 bits per heavy atom. The molecule has 0 unspecified atom stereocenters. The molecule has 0 aliphatic rings. The highest BCUT2D eigenvalue weighted by molar-refractivity contribution is 7.99. The third kappa shape index (κ3) is 21.6. The first-order valence-corrected chi connectivity index (χ1v) is 3.40. The van der Waals surface area contributed by atoms with Gasteiger partial charge in [0.2, 0.25) is 0 Å². The van der Waals surface area contributed by atoms with Gasteiger partial charge in [-0.25, -0.2) is 0 Å². The van der Waals surface area contributed by atoms with Crippen LogP contribution < -0.4 is 0 Å². The minimum atomic E-state index is 1.26. The zero-order valence-electron chi connectivity index (χ0n) is 4.85. The molecule has 0 heterocycles. The van der Waals surface area contributed by atoms with E-state index in [0.29, 0.717) is 0 Å². The predicted octanol–water partition coefficient (Wildman–Crippen LogP) is 0.822. The molecule has 0 atom stereocenters. The molecule has 0 spiro atoms. The Balaban J connectivity index is 0. The van der Waals surface area contributed by atoms with Crippen LogP contribution in [0.3, 0.4) is 0 Å². The smallest absolute Gasteiger partial charge is 0.277 e. The van der Waals surface area contributed by atoms with Gasteiger partial charge in [-0.3, -0.25) is 0 Å². The van der Waals surface area contributed by atoms with Crippen molar-refractivity contribution >= 4 is 19.8 Å². The van der Waals surface area contributed by atoms with Gasteiger partial charge in [-0.05, 0) is 11.5 Å². The molecular formula is C4H11BOS. The van der Waals surface area contributed by atoms with Crippen LogP contribution in [-0.2, 0) is 0 Å². The quantitative estimate of drug-likeness (QED) is 0.541. The van der Waals surface area contributed by atoms with Crippen molar-refractivity contribution in [2.75, 3.05) is 11.5 Å². The summed E-state index contributed by atoms with van der Waals surface area (Å²) in [5.41, 5.74) is 0. The van der Waals surface area contributed by atoms with Crippen molar-refractivity contribution in [1.82, 2.24) is 0 Å². The standard InChI is InChI=1S/C4H10S.BHO/c1-3-5-4-2;1-2/h3-4H2,1-2H3;2H. The first-order valence-electron chi connectivity index (χ1n) is 2.25. The minimum Gasteiger partial charge on any atom is -0.461 e. The number of hydrogen-bond acceptors (Lipinski definition) is 2. The molecule has 0 aliphatic heterocycles. The van der Waals surface area contributed by atoms with Crippen LogP contribution in [0.15, 0.2) is 0 Å². The Morgan fingerprint density at radius 2 is 1.57 bits per heavy atom. The molecule has 0 saturated heterocycles. The van der Waals surface area contributed by atoms with Crippen molar-refractivity contribution in [2.24, 2.45) is 0 Å². The minimum absolute atomic E-state index is 1.26. The van der Waals surface area contributed by atoms with Gasteiger partial charge >= 0.3 is 0 Å². The highest BCUT2D eigenvalue weighted by Crippen LogP contribution is 1.93. The SMILES string of the molecule is CCSCC.[B]O. The fraction of sp³-hybridized carbons (Fsp3) is 1.00. The van der Waals surface area contributed by atoms with Gasteiger partial charge in [0.25, 0.3) is 8.05 Å². The lowest BCUT2D eigenvalue weighted by Gasteiger charge is -1.80. The maximum atomic E-state index is 6.50. The van der Waals surface area contributed by atoms with Crippen LogP contribution in [0.25, 0.3) is 0 Å². The summed E-state index contributed by atoms with van der Waals surface area (Å²) >= 11 is 1.96. The van der Waals surface area contributed by atoms with Gasteiger partial charge in [-0.2, -0.15) is 11.8 Å². The number of hydrogen-bond donors (Lipinski definition) is 1. The summed E-state index contributed by atoms with van der Waals surface area (Å²) in [4.78, 5) is 0. The zero-order chi connectivity index (χ0) is 6.12. The summed E-state index contributed by atoms with van der Waals surface area (Å²) in [5.74, 6) is 2.52. The maximum Gasteiger partial charge on any atom is 0.277 e. The molecule has 0 fully saturated rings. The third-order valence-corrected chi connectivity index (χ3v) is 1.22. The number of rotatable bonds is 2. The maximum absolute atomic E-state index is 6.50. The highest BCUT2D eigenvalue weighted by Gasteiger charge is 1.67. The summed E-state index contributed by atoms with van der Waals surface area (Å²) in [7, 11) is 3.50. The van der Waals surface area contributed by atoms with Crippen LogP contribution in [0.5, 0.6) is 0 Å². The van der Waals surface area contributed by atoms with Crippen LogP contribution in [0.1, 0.15) is 13.8 Å². The molecule has 42 valence electrons. The second-order valence-corrected chi connectivity index (χ2v) is 2.34. The van der Waals surface area contributed by atoms with Crippen LogP contribution in [0.4, 0.5) is 0 Å². The van der Waals surface area contributed by atoms with Crippen molar-refractivity contribution in [1.29, 1.82) is 0 Å². The molecule has 0 rings (SSSR count). The molecule has 0 aliphatic carbocycles. The second-order valence-electron chi connectivity index (χ2n) is 0.781. The topological polar surface area (TPSA) is 20.2 Å². The monoisotopic (exact) mass is 118 g/mol. The van der Waals surface area contributed by atoms with E-state index in [-0.39, 0.29) is 0 Å². The summed E-state index contributed by atoms with van der Waals surface area (Å²) in [6, 6.07) is 0. The van der Waals surface area contributed by atoms with E-state index in [4.69, 9.17) is 5.02 Å². The molecule has 0 aromatic rings. The van der Waals surface area contributed by atoms with Gasteiger partial charge in [0, 0.05) is 0 Å². The van der Waals surface area contributed by atoms with Crippen molar-refractivity contribution in [3.8, 4) is 0 Å². The van der Waals surface area contributed by atoms with Gasteiger partial charge < -0.3 is 5.02 Å². The van der Waals surface area contributed by atoms with Gasteiger partial charge in [0.1, 0.15) is 0 Å². The Kier molecular flexibility index (Phi) is 24.0. The van der Waals surface area contributed by atoms with E-state index in [9.17, 15) is 0 Å². The molecule has 3 heteroatoms. The summed E-state index contributed by atoms with van der Waals surface area (Å²) < 4.78 is 0. The lowest BCUT2D eigenvalue weighted by molar-refractivity contribution is 0.629. The van der Waals surface area contributed by atoms with Crippen LogP contribution >= 0.6 is 11.8 Å². The Labute approximate surface area is 50.9 Å². The summed E-state index contributed by atoms with van der Waals surface area (Å²) in [6.45, 7) is 4.35. The van der Waals surface area contributed by atoms with E-state index in [2.05, 4.69) is 21.9 Å². The van der Waals surface area contributed by atoms with E-state index in [1.54, 1.807) is 0 Å². The lowest BCUT2D eigenvalue weighted by atomic mass is 10.6. The molecule has 0 bridgehead atoms. The van der Waals surface area contributed by atoms with E-state index in [1.807, 2.05) is 11.8 Å². The average molecular weight is 118 g/mol. The molecule has 1 N–H and O–H groups in total. The van der Waals surface area contributed by atoms with Crippen LogP contribution in [0, 0.1) is 0 Å². The molecule has 1 nitrogen and oxygen atoms in total. The van der Waals surface area contributed by atoms with E-state index in [1.165, 1.54) is 11.5 Å². The molecule has 0 saturated carbocycles. The molecular weight excluding hydrogens is 107 g/mol. The molecule has 0 aromatic heterocycles. The summed E-state index contributed by atoms with van der Waals surface area (Å²) in [5, 5.41) is 6.50. The molecule has 2 radical (unpaired) electrons. The van der Waals surface area contributed by atoms with Crippen molar-refractivity contribution < 1.29 is 5.02 Å². The highest BCUT2D eigenvalue weighted by atomic mass is 32.2. The van der Waals surface area contributed by atoms with E-state index < -0.39 is 0 Å². The Bertz CT molecular complexity index is 19.2. The lowest BCUT2D eigenvalue weighted by Crippen LogP contribution is -1.64. The zero-order valence-corrected chi connectivity index (χ0v) is 5.66. The fourth-order valence-corrected chi connectivity index (χ4v) is 0.612. The van der Waals surface area contributed by atoms with E-state index >= 15 is 0 Å². The largest absolute Gasteiger partial charge is 0.461 e. The molecule has 0 amide bonds. The van der Waals surface area contributed by atoms with Gasteiger partial charge in [-0.1, -0.05) is 13.8 Å². The van der Waals surface area contributed by atoms with Crippen molar-refractivity contribution in [3.05, 3.63) is 0 Å². The third-order valence-electron chi connectivity index (χ3n) is 0.408. The normalized spacial score (nSPS) is 6.71. The second kappa shape index (κ2) is 16.2. The Hall–Kier alpha value is 0.375. The molecule has 0 aromatic carbocycles. The number of thioether (sulfide) groups is 1. The Morgan fingerprint density at radius 3 is 1.57 bits per heavy atom.